The molecule has 9 aromatic rings. The van der Waals surface area contributed by atoms with E-state index in [0.717, 1.165) is 44.3 Å². The smallest absolute Gasteiger partial charge is 0.152 e. The van der Waals surface area contributed by atoms with Crippen molar-refractivity contribution in [1.29, 1.82) is 5.41 Å². The molecule has 0 heterocycles. The molecule has 0 unspecified atom stereocenters. The first kappa shape index (κ1) is 37.6. The summed E-state index contributed by atoms with van der Waals surface area (Å²) < 4.78 is 0. The van der Waals surface area contributed by atoms with Crippen LogP contribution in [0.25, 0.3) is 72.5 Å². The van der Waals surface area contributed by atoms with E-state index in [1.54, 1.807) is 0 Å². The lowest BCUT2D eigenvalue weighted by Crippen LogP contribution is -2.14. The number of allylic oxidation sites excluding steroid dienone is 1. The molecular formula is C59H44N2. The minimum Gasteiger partial charge on any atom is -0.282 e. The molecule has 10 rings (SSSR count). The Hall–Kier alpha value is -7.68. The normalized spacial score (nSPS) is 13.0. The zero-order valence-electron chi connectivity index (χ0n) is 34.3. The number of rotatable bonds is 8. The Bertz CT molecular complexity index is 3140. The first-order valence-corrected chi connectivity index (χ1v) is 21.0. The lowest BCUT2D eigenvalue weighted by atomic mass is 9.82. The van der Waals surface area contributed by atoms with Crippen molar-refractivity contribution in [1.82, 2.24) is 0 Å². The summed E-state index contributed by atoms with van der Waals surface area (Å²) in [4.78, 5) is 5.00. The maximum Gasteiger partial charge on any atom is 0.152 e. The number of nitrogens with zero attached hydrogens (tertiary/aromatic N) is 1. The van der Waals surface area contributed by atoms with E-state index in [-0.39, 0.29) is 11.3 Å². The number of hydrogen-bond acceptors (Lipinski definition) is 1. The molecule has 0 saturated heterocycles. The Labute approximate surface area is 358 Å². The maximum absolute atomic E-state index is 9.08. The second-order valence-corrected chi connectivity index (χ2v) is 16.3. The number of fused-ring (bicyclic) bond motifs is 4. The van der Waals surface area contributed by atoms with Gasteiger partial charge in [0.15, 0.2) is 5.84 Å². The molecule has 61 heavy (non-hydrogen) atoms. The van der Waals surface area contributed by atoms with Crippen LogP contribution in [-0.4, -0.2) is 11.5 Å². The van der Waals surface area contributed by atoms with Crippen molar-refractivity contribution < 1.29 is 0 Å². The third-order valence-electron chi connectivity index (χ3n) is 12.3. The topological polar surface area (TPSA) is 36.2 Å². The van der Waals surface area contributed by atoms with E-state index in [1.165, 1.54) is 49.9 Å². The minimum absolute atomic E-state index is 0.0364. The van der Waals surface area contributed by atoms with Crippen LogP contribution in [-0.2, 0) is 5.41 Å². The molecule has 0 aromatic heterocycles. The number of amidine groups is 1. The van der Waals surface area contributed by atoms with Crippen LogP contribution in [0.5, 0.6) is 0 Å². The average molecular weight is 781 g/mol. The number of hydrogen-bond donors (Lipinski definition) is 1. The first-order valence-electron chi connectivity index (χ1n) is 21.0. The highest BCUT2D eigenvalue weighted by molar-refractivity contribution is 6.18. The molecule has 0 atom stereocenters. The van der Waals surface area contributed by atoms with Crippen LogP contribution in [0.4, 0.5) is 0 Å². The molecule has 0 aliphatic heterocycles. The standard InChI is InChI=1S/C59H44N2/c1-59(2)54-27-15-14-25-52(54)57-50(26-16-28-55(57)59)44-31-29-42(30-32-44)48-36-33-43(47-23-12-13-24-51(47)48)35-38-56(61-58(60)45-21-10-5-11-22-45)46-34-37-49(40-17-6-3-7-18-40)53(39-46)41-19-8-4-9-20-41/h3-39,60H,1-2H3/b38-35+,60-58?,61-56?. The van der Waals surface area contributed by atoms with Crippen LogP contribution < -0.4 is 0 Å². The van der Waals surface area contributed by atoms with Gasteiger partial charge in [0.25, 0.3) is 0 Å². The molecule has 1 aliphatic carbocycles. The first-order chi connectivity index (χ1) is 29.9. The summed E-state index contributed by atoms with van der Waals surface area (Å²) in [5.74, 6) is 0.214. The highest BCUT2D eigenvalue weighted by atomic mass is 14.8. The van der Waals surface area contributed by atoms with E-state index >= 15 is 0 Å². The van der Waals surface area contributed by atoms with Crippen LogP contribution in [0.15, 0.2) is 223 Å². The van der Waals surface area contributed by atoms with Crippen LogP contribution in [0.1, 0.15) is 41.7 Å². The Morgan fingerprint density at radius 2 is 0.967 bits per heavy atom. The Balaban J connectivity index is 1.03. The van der Waals surface area contributed by atoms with Gasteiger partial charge in [0.05, 0.1) is 5.71 Å². The molecule has 0 saturated carbocycles. The predicted octanol–water partition coefficient (Wildman–Crippen LogP) is 15.3. The van der Waals surface area contributed by atoms with E-state index in [4.69, 9.17) is 10.4 Å². The van der Waals surface area contributed by atoms with Crippen molar-refractivity contribution in [2.24, 2.45) is 4.99 Å². The van der Waals surface area contributed by atoms with Gasteiger partial charge in [-0.2, -0.15) is 0 Å². The van der Waals surface area contributed by atoms with E-state index in [9.17, 15) is 0 Å². The fraction of sp³-hybridized carbons (Fsp3) is 0.0508. The van der Waals surface area contributed by atoms with Crippen LogP contribution in [0, 0.1) is 5.41 Å². The Kier molecular flexibility index (Phi) is 9.75. The van der Waals surface area contributed by atoms with Crippen molar-refractivity contribution in [2.75, 3.05) is 0 Å². The van der Waals surface area contributed by atoms with E-state index in [1.807, 2.05) is 42.5 Å². The molecule has 0 bridgehead atoms. The van der Waals surface area contributed by atoms with Crippen molar-refractivity contribution in [3.05, 3.63) is 246 Å². The summed E-state index contributed by atoms with van der Waals surface area (Å²) in [5, 5.41) is 11.4. The van der Waals surface area contributed by atoms with Crippen LogP contribution in [0.2, 0.25) is 0 Å². The zero-order valence-corrected chi connectivity index (χ0v) is 34.3. The maximum atomic E-state index is 9.08. The molecule has 1 N–H and O–H groups in total. The Morgan fingerprint density at radius 3 is 1.69 bits per heavy atom. The molecule has 1 aliphatic rings. The summed E-state index contributed by atoms with van der Waals surface area (Å²) in [6, 6.07) is 75.1. The van der Waals surface area contributed by atoms with E-state index < -0.39 is 0 Å². The van der Waals surface area contributed by atoms with E-state index in [0.29, 0.717) is 5.71 Å². The van der Waals surface area contributed by atoms with Crippen molar-refractivity contribution in [3.8, 4) is 55.6 Å². The fourth-order valence-electron chi connectivity index (χ4n) is 9.12. The summed E-state index contributed by atoms with van der Waals surface area (Å²) in [7, 11) is 0. The van der Waals surface area contributed by atoms with Gasteiger partial charge >= 0.3 is 0 Å². The molecule has 0 radical (unpaired) electrons. The van der Waals surface area contributed by atoms with Gasteiger partial charge in [0, 0.05) is 16.5 Å². The average Bonchev–Trinajstić information content (AvgIpc) is 3.56. The van der Waals surface area contributed by atoms with Gasteiger partial charge in [-0.05, 0) is 95.2 Å². The highest BCUT2D eigenvalue weighted by Gasteiger charge is 2.36. The van der Waals surface area contributed by atoms with E-state index in [2.05, 4.69) is 196 Å². The molecule has 0 amide bonds. The van der Waals surface area contributed by atoms with Crippen LogP contribution >= 0.6 is 0 Å². The zero-order chi connectivity index (χ0) is 41.3. The number of aliphatic imine (C=N–C) groups is 1. The lowest BCUT2D eigenvalue weighted by molar-refractivity contribution is 0.660. The molecule has 2 nitrogen and oxygen atoms in total. The van der Waals surface area contributed by atoms with Crippen LogP contribution in [0.3, 0.4) is 0 Å². The molecule has 2 heteroatoms. The minimum atomic E-state index is -0.0364. The highest BCUT2D eigenvalue weighted by Crippen LogP contribution is 2.52. The quantitative estimate of drug-likeness (QED) is 0.118. The summed E-state index contributed by atoms with van der Waals surface area (Å²) >= 11 is 0. The second kappa shape index (κ2) is 15.8. The number of nitrogens with one attached hydrogen (secondary N) is 1. The van der Waals surface area contributed by atoms with Gasteiger partial charge in [-0.3, -0.25) is 5.41 Å². The monoisotopic (exact) mass is 780 g/mol. The largest absolute Gasteiger partial charge is 0.282 e. The fourth-order valence-corrected chi connectivity index (χ4v) is 9.12. The Morgan fingerprint density at radius 1 is 0.426 bits per heavy atom. The summed E-state index contributed by atoms with van der Waals surface area (Å²) in [6.07, 6.45) is 4.21. The second-order valence-electron chi connectivity index (χ2n) is 16.3. The van der Waals surface area contributed by atoms with Gasteiger partial charge in [0.2, 0.25) is 0 Å². The van der Waals surface area contributed by atoms with Crippen molar-refractivity contribution in [2.45, 2.75) is 19.3 Å². The van der Waals surface area contributed by atoms with Gasteiger partial charge in [-0.1, -0.05) is 226 Å². The van der Waals surface area contributed by atoms with Crippen molar-refractivity contribution >= 4 is 28.4 Å². The van der Waals surface area contributed by atoms with Gasteiger partial charge < -0.3 is 0 Å². The molecule has 9 aromatic carbocycles. The lowest BCUT2D eigenvalue weighted by Gasteiger charge is -2.21. The molecule has 290 valence electrons. The van der Waals surface area contributed by atoms with Gasteiger partial charge in [0.1, 0.15) is 0 Å². The van der Waals surface area contributed by atoms with Gasteiger partial charge in [-0.15, -0.1) is 0 Å². The molecular weight excluding hydrogens is 737 g/mol. The third kappa shape index (κ3) is 7.03. The molecule has 0 fully saturated rings. The third-order valence-corrected chi connectivity index (χ3v) is 12.3. The number of benzene rings is 9. The SMILES string of the molecule is CC1(C)c2ccccc2-c2c(-c3ccc(-c4ccc(/C=C/C(=NC(=N)c5ccccc5)c5ccc(-c6ccccc6)c(-c6ccccc6)c5)c5ccccc45)cc3)cccc21. The van der Waals surface area contributed by atoms with Gasteiger partial charge in [-0.25, -0.2) is 4.99 Å². The predicted molar refractivity (Wildman–Crippen MR) is 259 cm³/mol. The summed E-state index contributed by atoms with van der Waals surface area (Å²) in [6.45, 7) is 4.67. The molecule has 0 spiro atoms. The van der Waals surface area contributed by atoms with Crippen molar-refractivity contribution in [3.63, 3.8) is 0 Å². The summed E-state index contributed by atoms with van der Waals surface area (Å²) in [5.41, 5.74) is 18.3.